The molecule has 0 saturated carbocycles. The van der Waals surface area contributed by atoms with Crippen LogP contribution < -0.4 is 0 Å². The largest absolute Gasteiger partial charge is 0.381 e. The average Bonchev–Trinajstić information content (AvgIpc) is 2.71. The molecule has 0 rings (SSSR count). The van der Waals surface area contributed by atoms with Crippen LogP contribution in [-0.4, -0.2) is 19.8 Å². The molecular formula is C26H53O2. The van der Waals surface area contributed by atoms with Gasteiger partial charge in [-0.25, -0.2) is 5.11 Å². The van der Waals surface area contributed by atoms with Crippen LogP contribution in [-0.2, 0) is 9.84 Å². The molecule has 0 spiro atoms. The van der Waals surface area contributed by atoms with E-state index in [4.69, 9.17) is 4.74 Å². The molecule has 0 atom stereocenters. The van der Waals surface area contributed by atoms with Crippen molar-refractivity contribution in [1.29, 1.82) is 0 Å². The third kappa shape index (κ3) is 25.9. The van der Waals surface area contributed by atoms with Gasteiger partial charge in [-0.05, 0) is 19.3 Å². The van der Waals surface area contributed by atoms with Crippen LogP contribution in [0.1, 0.15) is 148 Å². The lowest BCUT2D eigenvalue weighted by molar-refractivity contribution is 0.125. The van der Waals surface area contributed by atoms with E-state index in [-0.39, 0.29) is 6.61 Å². The second-order valence-corrected chi connectivity index (χ2v) is 8.74. The van der Waals surface area contributed by atoms with E-state index in [0.29, 0.717) is 0 Å². The van der Waals surface area contributed by atoms with E-state index in [1.807, 2.05) is 0 Å². The van der Waals surface area contributed by atoms with Crippen LogP contribution >= 0.6 is 0 Å². The SMILES string of the molecule is CCCCCCCCCCCCOCCCCCCCCCCCCCC[O]. The topological polar surface area (TPSA) is 29.1 Å². The maximum Gasteiger partial charge on any atom is 0.0822 e. The Kier molecular flexibility index (Phi) is 26.8. The first kappa shape index (κ1) is 27.9. The summed E-state index contributed by atoms with van der Waals surface area (Å²) in [7, 11) is 0. The highest BCUT2D eigenvalue weighted by atomic mass is 16.5. The zero-order valence-corrected chi connectivity index (χ0v) is 19.5. The Morgan fingerprint density at radius 2 is 0.679 bits per heavy atom. The van der Waals surface area contributed by atoms with Gasteiger partial charge >= 0.3 is 0 Å². The van der Waals surface area contributed by atoms with Gasteiger partial charge in [0.25, 0.3) is 0 Å². The van der Waals surface area contributed by atoms with Crippen LogP contribution in [0.3, 0.4) is 0 Å². The van der Waals surface area contributed by atoms with Gasteiger partial charge in [0.1, 0.15) is 0 Å². The molecule has 2 nitrogen and oxygen atoms in total. The predicted molar refractivity (Wildman–Crippen MR) is 124 cm³/mol. The molecule has 0 saturated heterocycles. The Labute approximate surface area is 178 Å². The van der Waals surface area contributed by atoms with Crippen LogP contribution in [0.2, 0.25) is 0 Å². The first-order valence-electron chi connectivity index (χ1n) is 13.1. The Hall–Kier alpha value is -0.0800. The van der Waals surface area contributed by atoms with Crippen molar-refractivity contribution < 1.29 is 9.84 Å². The molecule has 0 amide bonds. The van der Waals surface area contributed by atoms with Gasteiger partial charge in [-0.3, -0.25) is 0 Å². The second kappa shape index (κ2) is 26.9. The molecule has 28 heavy (non-hydrogen) atoms. The molecule has 0 aromatic heterocycles. The molecule has 1 radical (unpaired) electrons. The summed E-state index contributed by atoms with van der Waals surface area (Å²) >= 11 is 0. The van der Waals surface area contributed by atoms with E-state index in [9.17, 15) is 5.11 Å². The Bertz CT molecular complexity index is 229. The zero-order valence-electron chi connectivity index (χ0n) is 19.5. The molecule has 0 heterocycles. The minimum atomic E-state index is 0.115. The molecule has 0 bridgehead atoms. The monoisotopic (exact) mass is 397 g/mol. The van der Waals surface area contributed by atoms with E-state index >= 15 is 0 Å². The molecule has 0 aliphatic carbocycles. The zero-order chi connectivity index (χ0) is 20.4. The smallest absolute Gasteiger partial charge is 0.0822 e. The minimum Gasteiger partial charge on any atom is -0.381 e. The minimum absolute atomic E-state index is 0.115. The Morgan fingerprint density at radius 1 is 0.393 bits per heavy atom. The summed E-state index contributed by atoms with van der Waals surface area (Å²) in [6.07, 6.45) is 29.5. The highest BCUT2D eigenvalue weighted by Crippen LogP contribution is 2.12. The summed E-state index contributed by atoms with van der Waals surface area (Å²) in [5, 5.41) is 10.3. The fourth-order valence-electron chi connectivity index (χ4n) is 3.87. The molecule has 0 aliphatic rings. The third-order valence-electron chi connectivity index (χ3n) is 5.83. The van der Waals surface area contributed by atoms with Gasteiger partial charge in [0.2, 0.25) is 0 Å². The molecular weight excluding hydrogens is 344 g/mol. The van der Waals surface area contributed by atoms with Gasteiger partial charge in [-0.2, -0.15) is 0 Å². The van der Waals surface area contributed by atoms with Gasteiger partial charge in [0.15, 0.2) is 0 Å². The summed E-state index contributed by atoms with van der Waals surface area (Å²) in [5.41, 5.74) is 0. The second-order valence-electron chi connectivity index (χ2n) is 8.74. The quantitative estimate of drug-likeness (QED) is 0.141. The number of rotatable bonds is 25. The summed E-state index contributed by atoms with van der Waals surface area (Å²) < 4.78 is 5.79. The fourth-order valence-corrected chi connectivity index (χ4v) is 3.87. The average molecular weight is 398 g/mol. The predicted octanol–water partition coefficient (Wildman–Crippen LogP) is 9.04. The van der Waals surface area contributed by atoms with Crippen LogP contribution in [0.25, 0.3) is 0 Å². The third-order valence-corrected chi connectivity index (χ3v) is 5.83. The van der Waals surface area contributed by atoms with Crippen molar-refractivity contribution in [2.24, 2.45) is 0 Å². The van der Waals surface area contributed by atoms with Crippen molar-refractivity contribution in [1.82, 2.24) is 0 Å². The van der Waals surface area contributed by atoms with E-state index in [0.717, 1.165) is 26.1 Å². The van der Waals surface area contributed by atoms with Crippen LogP contribution in [0.4, 0.5) is 0 Å². The van der Waals surface area contributed by atoms with Gasteiger partial charge < -0.3 is 4.74 Å². The van der Waals surface area contributed by atoms with Crippen molar-refractivity contribution in [3.8, 4) is 0 Å². The lowest BCUT2D eigenvalue weighted by Crippen LogP contribution is -1.97. The maximum atomic E-state index is 10.3. The van der Waals surface area contributed by atoms with Crippen molar-refractivity contribution in [2.45, 2.75) is 148 Å². The van der Waals surface area contributed by atoms with Crippen LogP contribution in [0, 0.1) is 0 Å². The normalized spacial score (nSPS) is 11.4. The van der Waals surface area contributed by atoms with E-state index in [1.54, 1.807) is 0 Å². The number of unbranched alkanes of at least 4 members (excludes halogenated alkanes) is 20. The maximum absolute atomic E-state index is 10.3. The number of ether oxygens (including phenoxy) is 1. The number of hydrogen-bond acceptors (Lipinski definition) is 1. The molecule has 0 aromatic carbocycles. The first-order valence-corrected chi connectivity index (χ1v) is 13.1. The van der Waals surface area contributed by atoms with Crippen LogP contribution in [0.15, 0.2) is 0 Å². The lowest BCUT2D eigenvalue weighted by Gasteiger charge is -2.05. The molecule has 0 fully saturated rings. The van der Waals surface area contributed by atoms with Gasteiger partial charge in [0.05, 0.1) is 6.61 Å². The summed E-state index contributed by atoms with van der Waals surface area (Å²) in [6.45, 7) is 4.35. The summed E-state index contributed by atoms with van der Waals surface area (Å²) in [4.78, 5) is 0. The van der Waals surface area contributed by atoms with Crippen molar-refractivity contribution in [3.63, 3.8) is 0 Å². The fraction of sp³-hybridized carbons (Fsp3) is 1.00. The summed E-state index contributed by atoms with van der Waals surface area (Å²) in [5.74, 6) is 0. The molecule has 0 aliphatic heterocycles. The van der Waals surface area contributed by atoms with Crippen LogP contribution in [0.5, 0.6) is 0 Å². The highest BCUT2D eigenvalue weighted by Gasteiger charge is 1.96. The summed E-state index contributed by atoms with van der Waals surface area (Å²) in [6, 6.07) is 0. The van der Waals surface area contributed by atoms with Crippen molar-refractivity contribution in [3.05, 3.63) is 0 Å². The highest BCUT2D eigenvalue weighted by molar-refractivity contribution is 4.50. The van der Waals surface area contributed by atoms with E-state index in [2.05, 4.69) is 6.92 Å². The van der Waals surface area contributed by atoms with E-state index in [1.165, 1.54) is 128 Å². The molecule has 0 N–H and O–H groups in total. The molecule has 2 heteroatoms. The Morgan fingerprint density at radius 3 is 1.00 bits per heavy atom. The molecule has 0 aromatic rings. The van der Waals surface area contributed by atoms with E-state index < -0.39 is 0 Å². The lowest BCUT2D eigenvalue weighted by atomic mass is 10.1. The standard InChI is InChI=1S/C26H53O2/c1-2-3-4-5-6-7-13-16-19-22-25-28-26-23-20-17-14-11-9-8-10-12-15-18-21-24-27/h2-26H2,1H3. The van der Waals surface area contributed by atoms with Crippen molar-refractivity contribution >= 4 is 0 Å². The molecule has 169 valence electrons. The van der Waals surface area contributed by atoms with Gasteiger partial charge in [0, 0.05) is 13.2 Å². The van der Waals surface area contributed by atoms with Gasteiger partial charge in [-0.15, -0.1) is 0 Å². The Balaban J connectivity index is 2.96. The number of hydrogen-bond donors (Lipinski definition) is 0. The van der Waals surface area contributed by atoms with Crippen molar-refractivity contribution in [2.75, 3.05) is 19.8 Å². The molecule has 0 unspecified atom stereocenters. The first-order chi connectivity index (χ1) is 13.9. The van der Waals surface area contributed by atoms with Gasteiger partial charge in [-0.1, -0.05) is 129 Å².